The van der Waals surface area contributed by atoms with Crippen molar-refractivity contribution in [2.24, 2.45) is 0 Å². The lowest BCUT2D eigenvalue weighted by Gasteiger charge is -2.21. The van der Waals surface area contributed by atoms with E-state index in [1.165, 1.54) is 32.1 Å². The molecule has 86 valence electrons. The van der Waals surface area contributed by atoms with E-state index in [0.29, 0.717) is 0 Å². The number of allylic oxidation sites excluding steroid dienone is 1. The molecule has 2 fully saturated rings. The van der Waals surface area contributed by atoms with Crippen molar-refractivity contribution in [3.05, 3.63) is 11.8 Å². The van der Waals surface area contributed by atoms with Crippen molar-refractivity contribution < 1.29 is 9.47 Å². The number of rotatable bonds is 3. The fraction of sp³-hybridized carbons (Fsp3) is 0.833. The Labute approximate surface area is 92.0 Å². The number of hydrogen-bond acceptors (Lipinski definition) is 3. The maximum absolute atomic E-state index is 5.42. The van der Waals surface area contributed by atoms with Crippen molar-refractivity contribution in [2.45, 2.75) is 38.4 Å². The highest BCUT2D eigenvalue weighted by atomic mass is 16.7. The molecule has 1 saturated carbocycles. The summed E-state index contributed by atoms with van der Waals surface area (Å²) in [6.07, 6.45) is 8.93. The molecule has 1 saturated heterocycles. The molecule has 15 heavy (non-hydrogen) atoms. The zero-order chi connectivity index (χ0) is 10.5. The summed E-state index contributed by atoms with van der Waals surface area (Å²) >= 11 is 0. The number of hydrogen-bond donors (Lipinski definition) is 0. The lowest BCUT2D eigenvalue weighted by molar-refractivity contribution is -0.0523. The first-order valence-corrected chi connectivity index (χ1v) is 5.97. The molecule has 0 radical (unpaired) electrons. The summed E-state index contributed by atoms with van der Waals surface area (Å²) in [5, 5.41) is 0. The van der Waals surface area contributed by atoms with Crippen molar-refractivity contribution in [1.29, 1.82) is 0 Å². The third-order valence-electron chi connectivity index (χ3n) is 3.03. The molecule has 0 amide bonds. The second-order valence-corrected chi connectivity index (χ2v) is 4.46. The van der Waals surface area contributed by atoms with E-state index in [-0.39, 0.29) is 6.29 Å². The average molecular weight is 211 g/mol. The van der Waals surface area contributed by atoms with Crippen molar-refractivity contribution in [1.82, 2.24) is 4.90 Å². The van der Waals surface area contributed by atoms with Crippen molar-refractivity contribution in [3.8, 4) is 0 Å². The molecule has 0 aromatic rings. The summed E-state index contributed by atoms with van der Waals surface area (Å²) in [4.78, 5) is 2.20. The van der Waals surface area contributed by atoms with E-state index < -0.39 is 0 Å². The van der Waals surface area contributed by atoms with Gasteiger partial charge in [0, 0.05) is 7.05 Å². The molecule has 3 nitrogen and oxygen atoms in total. The van der Waals surface area contributed by atoms with E-state index in [9.17, 15) is 0 Å². The summed E-state index contributed by atoms with van der Waals surface area (Å²) in [6, 6.07) is 0. The highest BCUT2D eigenvalue weighted by Crippen LogP contribution is 2.23. The molecule has 3 heteroatoms. The van der Waals surface area contributed by atoms with Gasteiger partial charge in [0.15, 0.2) is 6.29 Å². The summed E-state index contributed by atoms with van der Waals surface area (Å²) in [6.45, 7) is 2.34. The van der Waals surface area contributed by atoms with E-state index >= 15 is 0 Å². The van der Waals surface area contributed by atoms with Gasteiger partial charge < -0.3 is 14.4 Å². The van der Waals surface area contributed by atoms with Gasteiger partial charge in [0.2, 0.25) is 0 Å². The maximum atomic E-state index is 5.42. The van der Waals surface area contributed by atoms with Crippen LogP contribution in [0.3, 0.4) is 0 Å². The smallest absolute Gasteiger partial charge is 0.175 e. The van der Waals surface area contributed by atoms with Gasteiger partial charge in [-0.3, -0.25) is 0 Å². The molecule has 0 unspecified atom stereocenters. The van der Waals surface area contributed by atoms with E-state index in [2.05, 4.69) is 18.1 Å². The highest BCUT2D eigenvalue weighted by molar-refractivity contribution is 5.03. The van der Waals surface area contributed by atoms with Crippen LogP contribution in [0.1, 0.15) is 32.1 Å². The molecule has 1 aliphatic heterocycles. The van der Waals surface area contributed by atoms with Crippen LogP contribution >= 0.6 is 0 Å². The Morgan fingerprint density at radius 1 is 1.20 bits per heavy atom. The quantitative estimate of drug-likeness (QED) is 0.714. The first-order valence-electron chi connectivity index (χ1n) is 5.97. The molecule has 0 spiro atoms. The summed E-state index contributed by atoms with van der Waals surface area (Å²) in [5.74, 6) is 0. The maximum Gasteiger partial charge on any atom is 0.175 e. The Morgan fingerprint density at radius 2 is 1.87 bits per heavy atom. The molecule has 0 bridgehead atoms. The monoisotopic (exact) mass is 211 g/mol. The molecule has 1 aliphatic carbocycles. The molecular formula is C12H21NO2. The van der Waals surface area contributed by atoms with E-state index in [1.54, 1.807) is 5.57 Å². The normalized spacial score (nSPS) is 23.1. The molecule has 2 aliphatic rings. The van der Waals surface area contributed by atoms with Gasteiger partial charge in [-0.2, -0.15) is 0 Å². The first-order chi connectivity index (χ1) is 7.34. The molecule has 0 aromatic carbocycles. The van der Waals surface area contributed by atoms with Crippen LogP contribution in [0.2, 0.25) is 0 Å². The van der Waals surface area contributed by atoms with E-state index in [1.807, 2.05) is 0 Å². The Bertz CT molecular complexity index is 214. The zero-order valence-electron chi connectivity index (χ0n) is 9.58. The Kier molecular flexibility index (Phi) is 4.03. The van der Waals surface area contributed by atoms with Crippen LogP contribution in [0.15, 0.2) is 11.8 Å². The Morgan fingerprint density at radius 3 is 2.53 bits per heavy atom. The number of ether oxygens (including phenoxy) is 2. The summed E-state index contributed by atoms with van der Waals surface area (Å²) in [7, 11) is 2.10. The number of likely N-dealkylation sites (N-methyl/N-ethyl adjacent to an activating group) is 1. The molecule has 0 atom stereocenters. The summed E-state index contributed by atoms with van der Waals surface area (Å²) < 4.78 is 10.8. The largest absolute Gasteiger partial charge is 0.375 e. The number of nitrogens with zero attached hydrogens (tertiary/aromatic N) is 1. The lowest BCUT2D eigenvalue weighted by atomic mass is 9.96. The predicted molar refractivity (Wildman–Crippen MR) is 59.5 cm³/mol. The van der Waals surface area contributed by atoms with Gasteiger partial charge >= 0.3 is 0 Å². The predicted octanol–water partition coefficient (Wildman–Crippen LogP) is 2.14. The standard InChI is InChI=1S/C12H21NO2/c1-13(10-12-14-7-8-15-12)9-11-5-3-2-4-6-11/h9,12H,2-8,10H2,1H3. The molecule has 2 rings (SSSR count). The first kappa shape index (κ1) is 11.0. The molecule has 0 N–H and O–H groups in total. The minimum Gasteiger partial charge on any atom is -0.375 e. The van der Waals surface area contributed by atoms with Gasteiger partial charge in [0.05, 0.1) is 19.8 Å². The lowest BCUT2D eigenvalue weighted by Crippen LogP contribution is -2.26. The average Bonchev–Trinajstić information content (AvgIpc) is 2.71. The second kappa shape index (κ2) is 5.52. The molecule has 0 aromatic heterocycles. The minimum absolute atomic E-state index is 0.0181. The van der Waals surface area contributed by atoms with Crippen LogP contribution in [0.5, 0.6) is 0 Å². The van der Waals surface area contributed by atoms with Crippen LogP contribution in [0, 0.1) is 0 Å². The van der Waals surface area contributed by atoms with Gasteiger partial charge in [-0.25, -0.2) is 0 Å². The van der Waals surface area contributed by atoms with Crippen LogP contribution in [-0.4, -0.2) is 38.0 Å². The van der Waals surface area contributed by atoms with E-state index in [0.717, 1.165) is 19.8 Å². The third-order valence-corrected chi connectivity index (χ3v) is 3.03. The zero-order valence-corrected chi connectivity index (χ0v) is 9.58. The van der Waals surface area contributed by atoms with Gasteiger partial charge in [0.1, 0.15) is 0 Å². The van der Waals surface area contributed by atoms with Crippen LogP contribution in [0.4, 0.5) is 0 Å². The van der Waals surface area contributed by atoms with Crippen LogP contribution < -0.4 is 0 Å². The fourth-order valence-electron chi connectivity index (χ4n) is 2.25. The van der Waals surface area contributed by atoms with Crippen molar-refractivity contribution >= 4 is 0 Å². The SMILES string of the molecule is CN(C=C1CCCCC1)CC1OCCO1. The van der Waals surface area contributed by atoms with Crippen LogP contribution in [0.25, 0.3) is 0 Å². The Balaban J connectivity index is 1.76. The fourth-order valence-corrected chi connectivity index (χ4v) is 2.25. The minimum atomic E-state index is -0.0181. The van der Waals surface area contributed by atoms with E-state index in [4.69, 9.17) is 9.47 Å². The van der Waals surface area contributed by atoms with Crippen molar-refractivity contribution in [3.63, 3.8) is 0 Å². The Hall–Kier alpha value is -0.540. The van der Waals surface area contributed by atoms with Crippen LogP contribution in [-0.2, 0) is 9.47 Å². The van der Waals surface area contributed by atoms with Gasteiger partial charge in [-0.05, 0) is 31.9 Å². The highest BCUT2D eigenvalue weighted by Gasteiger charge is 2.17. The molecular weight excluding hydrogens is 190 g/mol. The van der Waals surface area contributed by atoms with Gasteiger partial charge in [-0.15, -0.1) is 0 Å². The van der Waals surface area contributed by atoms with Gasteiger partial charge in [-0.1, -0.05) is 12.0 Å². The van der Waals surface area contributed by atoms with Gasteiger partial charge in [0.25, 0.3) is 0 Å². The third kappa shape index (κ3) is 3.50. The second-order valence-electron chi connectivity index (χ2n) is 4.46. The molecule has 1 heterocycles. The topological polar surface area (TPSA) is 21.7 Å². The van der Waals surface area contributed by atoms with Crippen molar-refractivity contribution in [2.75, 3.05) is 26.8 Å². The summed E-state index contributed by atoms with van der Waals surface area (Å²) in [5.41, 5.74) is 1.58.